The Balaban J connectivity index is 1.65. The van der Waals surface area contributed by atoms with Crippen LogP contribution in [-0.4, -0.2) is 22.2 Å². The van der Waals surface area contributed by atoms with E-state index in [1.807, 2.05) is 51.1 Å². The Hall–Kier alpha value is -3.35. The number of hydrogen-bond acceptors (Lipinski definition) is 6. The normalized spacial score (nSPS) is 11.9. The molecule has 0 saturated heterocycles. The van der Waals surface area contributed by atoms with Gasteiger partial charge in [-0.15, -0.1) is 0 Å². The van der Waals surface area contributed by atoms with Gasteiger partial charge in [0.2, 0.25) is 11.8 Å². The lowest BCUT2D eigenvalue weighted by molar-refractivity contribution is -0.119. The van der Waals surface area contributed by atoms with E-state index in [1.54, 1.807) is 18.3 Å². The Morgan fingerprint density at radius 3 is 2.39 bits per heavy atom. The van der Waals surface area contributed by atoms with E-state index in [2.05, 4.69) is 15.5 Å². The molecule has 2 aromatic heterocycles. The molecule has 2 heterocycles. The average Bonchev–Trinajstić information content (AvgIpc) is 3.13. The van der Waals surface area contributed by atoms with E-state index >= 15 is 0 Å². The van der Waals surface area contributed by atoms with Crippen LogP contribution in [0.5, 0.6) is 17.4 Å². The first-order chi connectivity index (χ1) is 13.4. The third-order valence-electron chi connectivity index (χ3n) is 3.82. The molecule has 0 aliphatic rings. The topological polar surface area (TPSA) is 86.5 Å². The van der Waals surface area contributed by atoms with Gasteiger partial charge < -0.3 is 19.3 Å². The molecule has 7 heteroatoms. The summed E-state index contributed by atoms with van der Waals surface area (Å²) >= 11 is 0. The van der Waals surface area contributed by atoms with Crippen molar-refractivity contribution in [3.8, 4) is 28.6 Å². The average molecular weight is 381 g/mol. The van der Waals surface area contributed by atoms with Crippen LogP contribution >= 0.6 is 0 Å². The van der Waals surface area contributed by atoms with Crippen LogP contribution in [0.2, 0.25) is 0 Å². The first kappa shape index (κ1) is 19.4. The maximum atomic E-state index is 11.2. The molecule has 7 nitrogen and oxygen atoms in total. The minimum atomic E-state index is -0.253. The monoisotopic (exact) mass is 381 g/mol. The zero-order valence-corrected chi connectivity index (χ0v) is 16.3. The Kier molecular flexibility index (Phi) is 5.93. The van der Waals surface area contributed by atoms with Gasteiger partial charge in [-0.05, 0) is 51.1 Å². The third kappa shape index (κ3) is 5.09. The van der Waals surface area contributed by atoms with Crippen LogP contribution in [0, 0.1) is 0 Å². The second kappa shape index (κ2) is 8.56. The highest BCUT2D eigenvalue weighted by atomic mass is 16.5. The fourth-order valence-corrected chi connectivity index (χ4v) is 2.58. The Morgan fingerprint density at radius 1 is 1.07 bits per heavy atom. The van der Waals surface area contributed by atoms with Crippen molar-refractivity contribution in [1.29, 1.82) is 0 Å². The lowest BCUT2D eigenvalue weighted by atomic mass is 10.1. The number of pyridine rings is 1. The number of ether oxygens (including phenoxy) is 2. The van der Waals surface area contributed by atoms with E-state index in [0.717, 1.165) is 11.3 Å². The van der Waals surface area contributed by atoms with Gasteiger partial charge in [-0.1, -0.05) is 5.16 Å². The molecule has 0 aliphatic carbocycles. The van der Waals surface area contributed by atoms with E-state index in [1.165, 1.54) is 6.92 Å². The highest BCUT2D eigenvalue weighted by Gasteiger charge is 2.14. The van der Waals surface area contributed by atoms with Crippen molar-refractivity contribution in [3.63, 3.8) is 0 Å². The molecule has 0 radical (unpaired) electrons. The second-order valence-electron chi connectivity index (χ2n) is 6.66. The lowest BCUT2D eigenvalue weighted by Crippen LogP contribution is -2.23. The summed E-state index contributed by atoms with van der Waals surface area (Å²) < 4.78 is 16.7. The van der Waals surface area contributed by atoms with E-state index < -0.39 is 0 Å². The van der Waals surface area contributed by atoms with E-state index in [0.29, 0.717) is 23.1 Å². The third-order valence-corrected chi connectivity index (χ3v) is 3.82. The number of nitrogens with one attached hydrogen (secondary N) is 1. The maximum absolute atomic E-state index is 11.2. The summed E-state index contributed by atoms with van der Waals surface area (Å²) in [6.45, 7) is 7.25. The summed E-state index contributed by atoms with van der Waals surface area (Å²) in [7, 11) is 0. The molecule has 3 rings (SSSR count). The molecule has 0 fully saturated rings. The molecular formula is C21H23N3O4. The van der Waals surface area contributed by atoms with Gasteiger partial charge in [0.1, 0.15) is 17.2 Å². The molecular weight excluding hydrogens is 358 g/mol. The molecule has 1 atom stereocenters. The molecule has 1 aromatic carbocycles. The van der Waals surface area contributed by atoms with Crippen molar-refractivity contribution >= 4 is 5.91 Å². The molecule has 0 spiro atoms. The van der Waals surface area contributed by atoms with Crippen molar-refractivity contribution < 1.29 is 18.8 Å². The quantitative estimate of drug-likeness (QED) is 0.648. The highest BCUT2D eigenvalue weighted by Crippen LogP contribution is 2.26. The van der Waals surface area contributed by atoms with E-state index in [4.69, 9.17) is 14.0 Å². The molecule has 28 heavy (non-hydrogen) atoms. The molecule has 1 amide bonds. The zero-order chi connectivity index (χ0) is 20.1. The van der Waals surface area contributed by atoms with Crippen LogP contribution in [0.3, 0.4) is 0 Å². The van der Waals surface area contributed by atoms with Crippen LogP contribution in [0.4, 0.5) is 0 Å². The van der Waals surface area contributed by atoms with Gasteiger partial charge in [0.15, 0.2) is 5.76 Å². The second-order valence-corrected chi connectivity index (χ2v) is 6.66. The van der Waals surface area contributed by atoms with Crippen LogP contribution in [0.25, 0.3) is 11.3 Å². The summed E-state index contributed by atoms with van der Waals surface area (Å²) in [6, 6.07) is 12.5. The van der Waals surface area contributed by atoms with Gasteiger partial charge in [-0.3, -0.25) is 4.79 Å². The molecule has 0 saturated carbocycles. The zero-order valence-electron chi connectivity index (χ0n) is 16.3. The summed E-state index contributed by atoms with van der Waals surface area (Å²) in [5.41, 5.74) is 1.43. The van der Waals surface area contributed by atoms with Crippen molar-refractivity contribution in [1.82, 2.24) is 15.5 Å². The summed E-state index contributed by atoms with van der Waals surface area (Å²) in [6.07, 6.45) is 1.79. The largest absolute Gasteiger partial charge is 0.491 e. The number of rotatable bonds is 7. The van der Waals surface area contributed by atoms with Crippen LogP contribution in [0.1, 0.15) is 39.5 Å². The lowest BCUT2D eigenvalue weighted by Gasteiger charge is -2.10. The number of aromatic nitrogens is 2. The summed E-state index contributed by atoms with van der Waals surface area (Å²) in [5, 5.41) is 6.80. The van der Waals surface area contributed by atoms with Crippen molar-refractivity contribution in [3.05, 3.63) is 54.4 Å². The van der Waals surface area contributed by atoms with Crippen LogP contribution in [0.15, 0.2) is 53.2 Å². The minimum Gasteiger partial charge on any atom is -0.491 e. The van der Waals surface area contributed by atoms with Crippen molar-refractivity contribution in [2.45, 2.75) is 39.8 Å². The van der Waals surface area contributed by atoms with E-state index in [-0.39, 0.29) is 18.1 Å². The molecule has 1 unspecified atom stereocenters. The van der Waals surface area contributed by atoms with Gasteiger partial charge in [0, 0.05) is 30.8 Å². The minimum absolute atomic E-state index is 0.124. The number of carbonyl (C=O) groups excluding carboxylic acids is 1. The fraction of sp³-hybridized carbons (Fsp3) is 0.286. The Bertz CT molecular complexity index is 918. The molecule has 3 aromatic rings. The van der Waals surface area contributed by atoms with Gasteiger partial charge in [-0.2, -0.15) is 0 Å². The SMILES string of the molecule is CC(=O)NC(C)c1cc(-c2ccc(Oc3ccc(OC(C)C)cc3)nc2)no1. The maximum Gasteiger partial charge on any atom is 0.219 e. The Morgan fingerprint density at radius 2 is 1.79 bits per heavy atom. The number of benzene rings is 1. The smallest absolute Gasteiger partial charge is 0.219 e. The van der Waals surface area contributed by atoms with E-state index in [9.17, 15) is 4.79 Å². The Labute approximate surface area is 163 Å². The predicted octanol–water partition coefficient (Wildman–Crippen LogP) is 4.51. The van der Waals surface area contributed by atoms with Crippen LogP contribution in [-0.2, 0) is 4.79 Å². The highest BCUT2D eigenvalue weighted by molar-refractivity contribution is 5.73. The van der Waals surface area contributed by atoms with Crippen molar-refractivity contribution in [2.75, 3.05) is 0 Å². The molecule has 1 N–H and O–H groups in total. The fourth-order valence-electron chi connectivity index (χ4n) is 2.58. The first-order valence-corrected chi connectivity index (χ1v) is 9.05. The predicted molar refractivity (Wildman–Crippen MR) is 104 cm³/mol. The first-order valence-electron chi connectivity index (χ1n) is 9.05. The van der Waals surface area contributed by atoms with Crippen molar-refractivity contribution in [2.24, 2.45) is 0 Å². The molecule has 0 aliphatic heterocycles. The van der Waals surface area contributed by atoms with Crippen LogP contribution < -0.4 is 14.8 Å². The van der Waals surface area contributed by atoms with Gasteiger partial charge >= 0.3 is 0 Å². The number of amides is 1. The summed E-state index contributed by atoms with van der Waals surface area (Å²) in [4.78, 5) is 15.5. The van der Waals surface area contributed by atoms with Gasteiger partial charge in [0.05, 0.1) is 12.1 Å². The molecule has 0 bridgehead atoms. The number of nitrogens with zero attached hydrogens (tertiary/aromatic N) is 2. The number of carbonyl (C=O) groups is 1. The number of hydrogen-bond donors (Lipinski definition) is 1. The standard InChI is InChI=1S/C21H23N3O4/c1-13(2)26-17-6-8-18(9-7-17)27-21-10-5-16(12-22-21)19-11-20(28-24-19)14(3)23-15(4)25/h5-14H,1-4H3,(H,23,25). The molecule has 146 valence electrons. The van der Waals surface area contributed by atoms with Gasteiger partial charge in [0.25, 0.3) is 0 Å². The summed E-state index contributed by atoms with van der Waals surface area (Å²) in [5.74, 6) is 2.38. The van der Waals surface area contributed by atoms with Gasteiger partial charge in [-0.25, -0.2) is 4.98 Å².